The molecule has 20 heavy (non-hydrogen) atoms. The summed E-state index contributed by atoms with van der Waals surface area (Å²) in [6, 6.07) is 6.87. The highest BCUT2D eigenvalue weighted by atomic mass is 79.9. The second-order valence-corrected chi connectivity index (χ2v) is 6.35. The highest BCUT2D eigenvalue weighted by Gasteiger charge is 2.14. The average Bonchev–Trinajstić information content (AvgIpc) is 2.40. The van der Waals surface area contributed by atoms with Crippen molar-refractivity contribution in [2.24, 2.45) is 0 Å². The van der Waals surface area contributed by atoms with Crippen LogP contribution in [0.2, 0.25) is 5.02 Å². The molecule has 0 atom stereocenters. The number of phenols is 1. The fourth-order valence-corrected chi connectivity index (χ4v) is 3.35. The molecule has 2 aromatic rings. The molecule has 1 aromatic heterocycles. The van der Waals surface area contributed by atoms with E-state index in [1.807, 2.05) is 12.1 Å². The lowest BCUT2D eigenvalue weighted by Gasteiger charge is -2.09. The fraction of sp³-hybridized carbons (Fsp3) is 0.143. The topological polar surface area (TPSA) is 50.2 Å². The molecule has 0 saturated heterocycles. The monoisotopic (exact) mass is 371 g/mol. The van der Waals surface area contributed by atoms with Crippen molar-refractivity contribution in [3.8, 4) is 5.75 Å². The molecule has 0 aliphatic rings. The summed E-state index contributed by atoms with van der Waals surface area (Å²) in [6.07, 6.45) is 1.70. The Bertz CT molecular complexity index is 664. The van der Waals surface area contributed by atoms with Gasteiger partial charge >= 0.3 is 0 Å². The van der Waals surface area contributed by atoms with Crippen LogP contribution in [0.3, 0.4) is 0 Å². The third-order valence-corrected chi connectivity index (χ3v) is 4.80. The first-order chi connectivity index (χ1) is 9.49. The quantitative estimate of drug-likeness (QED) is 0.624. The van der Waals surface area contributed by atoms with Crippen molar-refractivity contribution in [1.82, 2.24) is 4.98 Å². The van der Waals surface area contributed by atoms with Crippen LogP contribution in [0, 0.1) is 0 Å². The van der Waals surface area contributed by atoms with Gasteiger partial charge in [-0.15, -0.1) is 11.8 Å². The Labute approximate surface area is 134 Å². The van der Waals surface area contributed by atoms with E-state index in [1.165, 1.54) is 24.8 Å². The Kier molecular flexibility index (Phi) is 5.07. The van der Waals surface area contributed by atoms with Gasteiger partial charge in [0, 0.05) is 27.0 Å². The molecule has 0 fully saturated rings. The maximum absolute atomic E-state index is 11.5. The Balaban J connectivity index is 2.26. The van der Waals surface area contributed by atoms with E-state index in [0.29, 0.717) is 16.3 Å². The lowest BCUT2D eigenvalue weighted by molar-refractivity contribution is 0.101. The number of pyridine rings is 1. The van der Waals surface area contributed by atoms with Crippen LogP contribution in [-0.4, -0.2) is 15.9 Å². The first-order valence-corrected chi connectivity index (χ1v) is 7.90. The molecule has 1 aromatic carbocycles. The number of hydrogen-bond acceptors (Lipinski definition) is 4. The van der Waals surface area contributed by atoms with E-state index in [4.69, 9.17) is 11.6 Å². The van der Waals surface area contributed by atoms with Crippen molar-refractivity contribution in [2.45, 2.75) is 17.7 Å². The van der Waals surface area contributed by atoms with E-state index in [9.17, 15) is 9.90 Å². The average molecular weight is 373 g/mol. The standard InChI is InChI=1S/C14H11BrClNO2S/c1-8(18)11-6-10(16)5-9(13(11)19)7-20-14-12(15)3-2-4-17-14/h2-6,19H,7H2,1H3. The molecule has 0 spiro atoms. The number of thioether (sulfide) groups is 1. The highest BCUT2D eigenvalue weighted by molar-refractivity contribution is 9.10. The van der Waals surface area contributed by atoms with Crippen molar-refractivity contribution in [1.29, 1.82) is 0 Å². The van der Waals surface area contributed by atoms with E-state index in [1.54, 1.807) is 12.3 Å². The molecule has 1 heterocycles. The third kappa shape index (κ3) is 3.53. The Morgan fingerprint density at radius 2 is 2.25 bits per heavy atom. The lowest BCUT2D eigenvalue weighted by atomic mass is 10.1. The molecule has 0 bridgehead atoms. The zero-order chi connectivity index (χ0) is 14.7. The smallest absolute Gasteiger partial charge is 0.163 e. The zero-order valence-corrected chi connectivity index (χ0v) is 13.7. The van der Waals surface area contributed by atoms with Crippen LogP contribution in [0.25, 0.3) is 0 Å². The minimum absolute atomic E-state index is 0.0125. The number of phenolic OH excluding ortho intramolecular Hbond substituents is 1. The number of hydrogen-bond donors (Lipinski definition) is 1. The van der Waals surface area contributed by atoms with Crippen LogP contribution in [0.4, 0.5) is 0 Å². The number of halogens is 2. The molecule has 0 aliphatic carbocycles. The van der Waals surface area contributed by atoms with Gasteiger partial charge in [-0.25, -0.2) is 4.98 Å². The maximum Gasteiger partial charge on any atom is 0.163 e. The molecule has 6 heteroatoms. The molecule has 2 rings (SSSR count). The van der Waals surface area contributed by atoms with Crippen LogP contribution in [-0.2, 0) is 5.75 Å². The van der Waals surface area contributed by atoms with Crippen LogP contribution < -0.4 is 0 Å². The summed E-state index contributed by atoms with van der Waals surface area (Å²) in [4.78, 5) is 15.7. The van der Waals surface area contributed by atoms with Gasteiger partial charge in [0.25, 0.3) is 0 Å². The van der Waals surface area contributed by atoms with E-state index in [-0.39, 0.29) is 17.1 Å². The minimum Gasteiger partial charge on any atom is -0.507 e. The predicted molar refractivity (Wildman–Crippen MR) is 84.6 cm³/mol. The van der Waals surface area contributed by atoms with Gasteiger partial charge in [0.05, 0.1) is 5.56 Å². The molecule has 0 unspecified atom stereocenters. The van der Waals surface area contributed by atoms with Crippen molar-refractivity contribution in [3.05, 3.63) is 51.1 Å². The molecule has 0 saturated carbocycles. The number of carbonyl (C=O) groups is 1. The van der Waals surface area contributed by atoms with E-state index < -0.39 is 0 Å². The number of Topliss-reactive ketones (excluding diaryl/α,β-unsaturated/α-hetero) is 1. The number of benzene rings is 1. The summed E-state index contributed by atoms with van der Waals surface area (Å²) < 4.78 is 0.887. The van der Waals surface area contributed by atoms with Gasteiger partial charge in [-0.1, -0.05) is 11.6 Å². The normalized spacial score (nSPS) is 10.6. The Hall–Kier alpha value is -1.04. The molecule has 0 aliphatic heterocycles. The van der Waals surface area contributed by atoms with Gasteiger partial charge in [-0.05, 0) is 47.1 Å². The van der Waals surface area contributed by atoms with Gasteiger partial charge < -0.3 is 5.11 Å². The van der Waals surface area contributed by atoms with Gasteiger partial charge in [0.1, 0.15) is 10.8 Å². The maximum atomic E-state index is 11.5. The summed E-state index contributed by atoms with van der Waals surface area (Å²) in [5.41, 5.74) is 0.860. The molecular formula is C14H11BrClNO2S. The van der Waals surface area contributed by atoms with E-state index in [0.717, 1.165) is 9.50 Å². The van der Waals surface area contributed by atoms with Gasteiger partial charge in [-0.3, -0.25) is 4.79 Å². The number of carbonyl (C=O) groups excluding carboxylic acids is 1. The molecule has 3 nitrogen and oxygen atoms in total. The number of rotatable bonds is 4. The minimum atomic E-state index is -0.213. The molecule has 1 N–H and O–H groups in total. The van der Waals surface area contributed by atoms with Crippen LogP contribution in [0.15, 0.2) is 40.0 Å². The number of aromatic hydroxyl groups is 1. The number of ketones is 1. The first kappa shape index (κ1) is 15.4. The van der Waals surface area contributed by atoms with Crippen molar-refractivity contribution in [3.63, 3.8) is 0 Å². The van der Waals surface area contributed by atoms with Crippen molar-refractivity contribution < 1.29 is 9.90 Å². The predicted octanol–water partition coefficient (Wildman–Crippen LogP) is 4.70. The fourth-order valence-electron chi connectivity index (χ4n) is 1.66. The summed E-state index contributed by atoms with van der Waals surface area (Å²) in [7, 11) is 0. The third-order valence-electron chi connectivity index (χ3n) is 2.62. The second kappa shape index (κ2) is 6.61. The summed E-state index contributed by atoms with van der Waals surface area (Å²) in [6.45, 7) is 1.40. The van der Waals surface area contributed by atoms with Crippen LogP contribution in [0.5, 0.6) is 5.75 Å². The van der Waals surface area contributed by atoms with Gasteiger partial charge in [0.15, 0.2) is 5.78 Å². The Morgan fingerprint density at radius 1 is 1.50 bits per heavy atom. The van der Waals surface area contributed by atoms with Gasteiger partial charge in [-0.2, -0.15) is 0 Å². The van der Waals surface area contributed by atoms with Crippen molar-refractivity contribution in [2.75, 3.05) is 0 Å². The summed E-state index contributed by atoms with van der Waals surface area (Å²) >= 11 is 10.9. The molecular weight excluding hydrogens is 362 g/mol. The first-order valence-electron chi connectivity index (χ1n) is 5.74. The molecule has 104 valence electrons. The van der Waals surface area contributed by atoms with E-state index in [2.05, 4.69) is 20.9 Å². The molecule has 0 radical (unpaired) electrons. The highest BCUT2D eigenvalue weighted by Crippen LogP contribution is 2.34. The van der Waals surface area contributed by atoms with Crippen molar-refractivity contribution >= 4 is 45.1 Å². The molecule has 0 amide bonds. The number of nitrogens with zero attached hydrogens (tertiary/aromatic N) is 1. The summed E-state index contributed by atoms with van der Waals surface area (Å²) in [5, 5.41) is 11.4. The largest absolute Gasteiger partial charge is 0.507 e. The summed E-state index contributed by atoms with van der Waals surface area (Å²) in [5.74, 6) is 0.249. The van der Waals surface area contributed by atoms with Crippen LogP contribution >= 0.6 is 39.3 Å². The number of aromatic nitrogens is 1. The van der Waals surface area contributed by atoms with Crippen LogP contribution in [0.1, 0.15) is 22.8 Å². The van der Waals surface area contributed by atoms with E-state index >= 15 is 0 Å². The van der Waals surface area contributed by atoms with Gasteiger partial charge in [0.2, 0.25) is 0 Å². The lowest BCUT2D eigenvalue weighted by Crippen LogP contribution is -1.96. The zero-order valence-electron chi connectivity index (χ0n) is 10.6. The Morgan fingerprint density at radius 3 is 2.90 bits per heavy atom. The SMILES string of the molecule is CC(=O)c1cc(Cl)cc(CSc2ncccc2Br)c1O. The second-order valence-electron chi connectivity index (χ2n) is 4.10.